The zero-order valence-corrected chi connectivity index (χ0v) is 8.04. The molecule has 0 atom stereocenters. The van der Waals surface area contributed by atoms with E-state index < -0.39 is 29.5 Å². The molecule has 5 amide bonds. The van der Waals surface area contributed by atoms with Crippen LogP contribution in [-0.4, -0.2) is 36.6 Å². The second-order valence-electron chi connectivity index (χ2n) is 2.98. The molecular weight excluding hydrogens is 206 g/mol. The molecule has 82 valence electrons. The molecule has 0 spiro atoms. The number of alkyl carbamates (subject to hydrolysis) is 1. The van der Waals surface area contributed by atoms with Crippen molar-refractivity contribution in [2.45, 2.75) is 12.5 Å². The third-order valence-electron chi connectivity index (χ3n) is 1.90. The molecule has 15 heavy (non-hydrogen) atoms. The highest BCUT2D eigenvalue weighted by Crippen LogP contribution is 2.08. The topological polar surface area (TPSA) is 114 Å². The van der Waals surface area contributed by atoms with Crippen molar-refractivity contribution in [1.29, 1.82) is 0 Å². The van der Waals surface area contributed by atoms with Crippen LogP contribution in [0.3, 0.4) is 0 Å². The molecule has 1 heterocycles. The van der Waals surface area contributed by atoms with Crippen LogP contribution < -0.4 is 16.0 Å². The number of nitrogens with one attached hydrogen (secondary N) is 3. The van der Waals surface area contributed by atoms with Gasteiger partial charge in [-0.1, -0.05) is 0 Å². The van der Waals surface area contributed by atoms with Crippen LogP contribution in [0.1, 0.15) is 6.92 Å². The van der Waals surface area contributed by atoms with E-state index in [2.05, 4.69) is 4.74 Å². The lowest BCUT2D eigenvalue weighted by molar-refractivity contribution is -0.138. The SMILES string of the molecule is COC(=O)NC1(C)C(=O)NC(=O)NC1=O. The largest absolute Gasteiger partial charge is 0.453 e. The molecule has 1 fully saturated rings. The van der Waals surface area contributed by atoms with Crippen molar-refractivity contribution in [3.63, 3.8) is 0 Å². The van der Waals surface area contributed by atoms with E-state index in [1.54, 1.807) is 0 Å². The van der Waals surface area contributed by atoms with Gasteiger partial charge in [0.2, 0.25) is 0 Å². The van der Waals surface area contributed by atoms with Crippen molar-refractivity contribution in [1.82, 2.24) is 16.0 Å². The molecule has 1 saturated heterocycles. The molecule has 0 bridgehead atoms. The molecule has 0 unspecified atom stereocenters. The second kappa shape index (κ2) is 3.56. The number of methoxy groups -OCH3 is 1. The van der Waals surface area contributed by atoms with Gasteiger partial charge in [-0.2, -0.15) is 0 Å². The number of barbiturate groups is 1. The number of imide groups is 2. The van der Waals surface area contributed by atoms with Crippen LogP contribution in [-0.2, 0) is 14.3 Å². The minimum absolute atomic E-state index is 0.915. The summed E-state index contributed by atoms with van der Waals surface area (Å²) in [5.74, 6) is -1.83. The molecule has 1 aliphatic heterocycles. The van der Waals surface area contributed by atoms with Gasteiger partial charge >= 0.3 is 12.1 Å². The van der Waals surface area contributed by atoms with Crippen LogP contribution in [0.4, 0.5) is 9.59 Å². The summed E-state index contributed by atoms with van der Waals surface area (Å²) in [7, 11) is 1.09. The van der Waals surface area contributed by atoms with E-state index in [0.29, 0.717) is 0 Å². The zero-order valence-electron chi connectivity index (χ0n) is 8.04. The lowest BCUT2D eigenvalue weighted by Gasteiger charge is -2.30. The molecule has 3 N–H and O–H groups in total. The van der Waals surface area contributed by atoms with Crippen LogP contribution in [0.15, 0.2) is 0 Å². The van der Waals surface area contributed by atoms with E-state index >= 15 is 0 Å². The number of urea groups is 1. The van der Waals surface area contributed by atoms with E-state index in [9.17, 15) is 19.2 Å². The molecule has 0 radical (unpaired) electrons. The van der Waals surface area contributed by atoms with Crippen molar-refractivity contribution < 1.29 is 23.9 Å². The van der Waals surface area contributed by atoms with Crippen LogP contribution in [0, 0.1) is 0 Å². The van der Waals surface area contributed by atoms with E-state index in [1.165, 1.54) is 0 Å². The number of amides is 5. The molecule has 0 saturated carbocycles. The summed E-state index contributed by atoms with van der Waals surface area (Å²) in [5, 5.41) is 5.73. The fraction of sp³-hybridized carbons (Fsp3) is 0.429. The molecule has 1 rings (SSSR count). The van der Waals surface area contributed by atoms with Crippen molar-refractivity contribution >= 4 is 23.9 Å². The minimum atomic E-state index is -1.85. The molecule has 0 aliphatic carbocycles. The third-order valence-corrected chi connectivity index (χ3v) is 1.90. The maximum atomic E-state index is 11.3. The monoisotopic (exact) mass is 215 g/mol. The van der Waals surface area contributed by atoms with E-state index in [0.717, 1.165) is 14.0 Å². The zero-order chi connectivity index (χ0) is 11.6. The fourth-order valence-electron chi connectivity index (χ4n) is 0.959. The molecule has 8 nitrogen and oxygen atoms in total. The number of carbonyl (C=O) groups is 4. The average molecular weight is 215 g/mol. The van der Waals surface area contributed by atoms with Gasteiger partial charge in [0, 0.05) is 0 Å². The smallest absolute Gasteiger partial charge is 0.408 e. The number of carbonyl (C=O) groups excluding carboxylic acids is 4. The summed E-state index contributed by atoms with van der Waals surface area (Å²) in [6.07, 6.45) is -0.947. The molecule has 0 aromatic carbocycles. The normalized spacial score (nSPS) is 18.9. The Bertz CT molecular complexity index is 331. The van der Waals surface area contributed by atoms with Crippen LogP contribution in [0.25, 0.3) is 0 Å². The number of hydrogen-bond acceptors (Lipinski definition) is 5. The van der Waals surface area contributed by atoms with Gasteiger partial charge in [0.05, 0.1) is 7.11 Å². The Morgan fingerprint density at radius 1 is 1.27 bits per heavy atom. The van der Waals surface area contributed by atoms with Gasteiger partial charge < -0.3 is 4.74 Å². The fourth-order valence-corrected chi connectivity index (χ4v) is 0.959. The van der Waals surface area contributed by atoms with Crippen molar-refractivity contribution in [3.8, 4) is 0 Å². The first-order chi connectivity index (χ1) is 6.90. The summed E-state index contributed by atoms with van der Waals surface area (Å²) in [4.78, 5) is 44.2. The Morgan fingerprint density at radius 2 is 1.73 bits per heavy atom. The first-order valence-corrected chi connectivity index (χ1v) is 3.93. The molecule has 1 aliphatic rings. The molecular formula is C7H9N3O5. The third kappa shape index (κ3) is 1.87. The van der Waals surface area contributed by atoms with Gasteiger partial charge in [0.25, 0.3) is 11.8 Å². The number of rotatable bonds is 1. The van der Waals surface area contributed by atoms with Crippen molar-refractivity contribution in [2.75, 3.05) is 7.11 Å². The number of ether oxygens (including phenoxy) is 1. The highest BCUT2D eigenvalue weighted by atomic mass is 16.5. The van der Waals surface area contributed by atoms with Crippen molar-refractivity contribution in [2.24, 2.45) is 0 Å². The second-order valence-corrected chi connectivity index (χ2v) is 2.98. The average Bonchev–Trinajstić information content (AvgIpc) is 2.14. The van der Waals surface area contributed by atoms with E-state index in [1.807, 2.05) is 16.0 Å². The van der Waals surface area contributed by atoms with Crippen LogP contribution in [0.5, 0.6) is 0 Å². The van der Waals surface area contributed by atoms with Crippen LogP contribution in [0.2, 0.25) is 0 Å². The van der Waals surface area contributed by atoms with Gasteiger partial charge in [-0.15, -0.1) is 0 Å². The highest BCUT2D eigenvalue weighted by Gasteiger charge is 2.47. The molecule has 8 heteroatoms. The Morgan fingerprint density at radius 3 is 2.13 bits per heavy atom. The predicted octanol–water partition coefficient (Wildman–Crippen LogP) is -1.53. The van der Waals surface area contributed by atoms with E-state index in [-0.39, 0.29) is 0 Å². The summed E-state index contributed by atoms with van der Waals surface area (Å²) in [6.45, 7) is 1.15. The summed E-state index contributed by atoms with van der Waals surface area (Å²) < 4.78 is 4.25. The lowest BCUT2D eigenvalue weighted by atomic mass is 9.99. The van der Waals surface area contributed by atoms with Gasteiger partial charge in [0.1, 0.15) is 0 Å². The quantitative estimate of drug-likeness (QED) is 0.459. The van der Waals surface area contributed by atoms with Gasteiger partial charge in [-0.05, 0) is 6.92 Å². The van der Waals surface area contributed by atoms with Gasteiger partial charge in [0.15, 0.2) is 5.54 Å². The Kier molecular flexibility index (Phi) is 2.60. The number of hydrogen-bond donors (Lipinski definition) is 3. The Balaban J connectivity index is 2.90. The summed E-state index contributed by atoms with van der Waals surface area (Å²) in [6, 6.07) is -0.922. The van der Waals surface area contributed by atoms with Crippen molar-refractivity contribution in [3.05, 3.63) is 0 Å². The standard InChI is InChI=1S/C7H9N3O5/c1-7(10-6(14)15-2)3(11)8-5(13)9-4(7)12/h1-2H3,(H,10,14)(H2,8,9,11,12,13). The predicted molar refractivity (Wildman–Crippen MR) is 45.6 cm³/mol. The Hall–Kier alpha value is -2.12. The first kappa shape index (κ1) is 11.0. The lowest BCUT2D eigenvalue weighted by Crippen LogP contribution is -2.71. The van der Waals surface area contributed by atoms with Gasteiger partial charge in [-0.25, -0.2) is 9.59 Å². The summed E-state index contributed by atoms with van der Waals surface area (Å²) >= 11 is 0. The van der Waals surface area contributed by atoms with E-state index in [4.69, 9.17) is 0 Å². The molecule has 0 aromatic rings. The minimum Gasteiger partial charge on any atom is -0.453 e. The Labute approximate surface area is 84.3 Å². The van der Waals surface area contributed by atoms with Crippen LogP contribution >= 0.6 is 0 Å². The maximum absolute atomic E-state index is 11.3. The first-order valence-electron chi connectivity index (χ1n) is 3.93. The van der Waals surface area contributed by atoms with Gasteiger partial charge in [-0.3, -0.25) is 25.5 Å². The highest BCUT2D eigenvalue weighted by molar-refractivity contribution is 6.23. The maximum Gasteiger partial charge on any atom is 0.408 e. The summed E-state index contributed by atoms with van der Waals surface area (Å²) in [5.41, 5.74) is -1.85. The molecule has 0 aromatic heterocycles.